The van der Waals surface area contributed by atoms with Crippen molar-refractivity contribution in [1.29, 1.82) is 5.26 Å². The Morgan fingerprint density at radius 1 is 1.18 bits per heavy atom. The standard InChI is InChI=1S/C17H17F4N/c18-16-10-14(7-8-15(16)11-22)13-5-3-12(4-6-13)2-1-9-17(19,20)21/h1,7-10,12-13H,2-6H2/b9-1+. The van der Waals surface area contributed by atoms with Gasteiger partial charge in [0.05, 0.1) is 5.56 Å². The Balaban J connectivity index is 1.88. The lowest BCUT2D eigenvalue weighted by atomic mass is 9.77. The number of rotatable bonds is 3. The average molecular weight is 311 g/mol. The van der Waals surface area contributed by atoms with E-state index in [1.165, 1.54) is 18.2 Å². The molecule has 1 nitrogen and oxygen atoms in total. The molecule has 0 aromatic heterocycles. The summed E-state index contributed by atoms with van der Waals surface area (Å²) in [5.74, 6) is -0.0154. The fourth-order valence-electron chi connectivity index (χ4n) is 3.00. The molecule has 1 fully saturated rings. The van der Waals surface area contributed by atoms with Crippen LogP contribution in [0.25, 0.3) is 0 Å². The first-order valence-electron chi connectivity index (χ1n) is 7.33. The summed E-state index contributed by atoms with van der Waals surface area (Å²) < 4.78 is 49.8. The molecule has 0 saturated heterocycles. The largest absolute Gasteiger partial charge is 0.409 e. The van der Waals surface area contributed by atoms with Gasteiger partial charge in [-0.15, -0.1) is 0 Å². The van der Waals surface area contributed by atoms with Gasteiger partial charge in [0.1, 0.15) is 11.9 Å². The van der Waals surface area contributed by atoms with Crippen LogP contribution < -0.4 is 0 Å². The summed E-state index contributed by atoms with van der Waals surface area (Å²) in [6, 6.07) is 6.47. The number of halogens is 4. The maximum absolute atomic E-state index is 13.6. The number of allylic oxidation sites excluding steroid dienone is 2. The molecular formula is C17H17F4N. The van der Waals surface area contributed by atoms with Gasteiger partial charge in [0.2, 0.25) is 0 Å². The summed E-state index contributed by atoms with van der Waals surface area (Å²) in [5.41, 5.74) is 0.913. The molecule has 1 aromatic rings. The van der Waals surface area contributed by atoms with Crippen molar-refractivity contribution in [2.45, 2.75) is 44.2 Å². The lowest BCUT2D eigenvalue weighted by Crippen LogP contribution is -2.13. The number of alkyl halides is 3. The molecule has 0 aliphatic heterocycles. The fourth-order valence-corrected chi connectivity index (χ4v) is 3.00. The zero-order chi connectivity index (χ0) is 16.2. The van der Waals surface area contributed by atoms with Gasteiger partial charge in [0.25, 0.3) is 0 Å². The highest BCUT2D eigenvalue weighted by atomic mass is 19.4. The maximum atomic E-state index is 13.6. The zero-order valence-corrected chi connectivity index (χ0v) is 12.0. The molecule has 1 aliphatic rings. The first-order chi connectivity index (χ1) is 10.4. The van der Waals surface area contributed by atoms with E-state index in [1.54, 1.807) is 12.1 Å². The van der Waals surface area contributed by atoms with Gasteiger partial charge in [-0.3, -0.25) is 0 Å². The fraction of sp³-hybridized carbons (Fsp3) is 0.471. The molecule has 0 atom stereocenters. The molecule has 22 heavy (non-hydrogen) atoms. The van der Waals surface area contributed by atoms with E-state index in [0.717, 1.165) is 31.2 Å². The SMILES string of the molecule is N#Cc1ccc(C2CCC(C/C=C/C(F)(F)F)CC2)cc1F. The second-order valence-corrected chi connectivity index (χ2v) is 5.75. The van der Waals surface area contributed by atoms with Crippen molar-refractivity contribution in [3.8, 4) is 6.07 Å². The van der Waals surface area contributed by atoms with Gasteiger partial charge in [-0.25, -0.2) is 4.39 Å². The first-order valence-corrected chi connectivity index (χ1v) is 7.33. The summed E-state index contributed by atoms with van der Waals surface area (Å²) in [7, 11) is 0. The summed E-state index contributed by atoms with van der Waals surface area (Å²) in [6.45, 7) is 0. The van der Waals surface area contributed by atoms with Crippen molar-refractivity contribution in [3.63, 3.8) is 0 Å². The third-order valence-corrected chi connectivity index (χ3v) is 4.21. The molecule has 0 bridgehead atoms. The van der Waals surface area contributed by atoms with Crippen molar-refractivity contribution < 1.29 is 17.6 Å². The van der Waals surface area contributed by atoms with Crippen molar-refractivity contribution >= 4 is 0 Å². The van der Waals surface area contributed by atoms with Crippen LogP contribution in [0.5, 0.6) is 0 Å². The Morgan fingerprint density at radius 3 is 2.41 bits per heavy atom. The van der Waals surface area contributed by atoms with Crippen molar-refractivity contribution in [3.05, 3.63) is 47.3 Å². The second kappa shape index (κ2) is 6.95. The highest BCUT2D eigenvalue weighted by Gasteiger charge is 2.24. The molecular weight excluding hydrogens is 294 g/mol. The van der Waals surface area contributed by atoms with Gasteiger partial charge in [-0.2, -0.15) is 18.4 Å². The lowest BCUT2D eigenvalue weighted by molar-refractivity contribution is -0.0801. The van der Waals surface area contributed by atoms with Crippen LogP contribution >= 0.6 is 0 Å². The van der Waals surface area contributed by atoms with Crippen LogP contribution in [-0.4, -0.2) is 6.18 Å². The van der Waals surface area contributed by atoms with E-state index in [1.807, 2.05) is 0 Å². The highest BCUT2D eigenvalue weighted by molar-refractivity contribution is 5.34. The third kappa shape index (κ3) is 4.59. The van der Waals surface area contributed by atoms with Crippen LogP contribution in [0.1, 0.15) is 49.1 Å². The van der Waals surface area contributed by atoms with Gasteiger partial charge in [-0.1, -0.05) is 12.1 Å². The van der Waals surface area contributed by atoms with Gasteiger partial charge in [0, 0.05) is 6.08 Å². The molecule has 1 saturated carbocycles. The Labute approximate surface area is 127 Å². The van der Waals surface area contributed by atoms with E-state index in [0.29, 0.717) is 12.5 Å². The molecule has 5 heteroatoms. The quantitative estimate of drug-likeness (QED) is 0.535. The number of hydrogen-bond donors (Lipinski definition) is 0. The Morgan fingerprint density at radius 2 is 1.86 bits per heavy atom. The lowest BCUT2D eigenvalue weighted by Gasteiger charge is -2.28. The number of nitrogens with zero attached hydrogens (tertiary/aromatic N) is 1. The van der Waals surface area contributed by atoms with Gasteiger partial charge >= 0.3 is 6.18 Å². The molecule has 1 aliphatic carbocycles. The molecule has 118 valence electrons. The van der Waals surface area contributed by atoms with Crippen LogP contribution in [-0.2, 0) is 0 Å². The summed E-state index contributed by atoms with van der Waals surface area (Å²) in [5, 5.41) is 8.72. The van der Waals surface area contributed by atoms with Gasteiger partial charge < -0.3 is 0 Å². The minimum atomic E-state index is -4.24. The highest BCUT2D eigenvalue weighted by Crippen LogP contribution is 2.37. The zero-order valence-electron chi connectivity index (χ0n) is 12.0. The predicted octanol–water partition coefficient (Wildman–Crippen LogP) is 5.48. The van der Waals surface area contributed by atoms with E-state index in [-0.39, 0.29) is 17.4 Å². The Kier molecular flexibility index (Phi) is 5.23. The van der Waals surface area contributed by atoms with E-state index < -0.39 is 12.0 Å². The molecule has 1 aromatic carbocycles. The van der Waals surface area contributed by atoms with E-state index >= 15 is 0 Å². The van der Waals surface area contributed by atoms with Crippen molar-refractivity contribution in [1.82, 2.24) is 0 Å². The molecule has 0 N–H and O–H groups in total. The first kappa shape index (κ1) is 16.5. The molecule has 0 unspecified atom stereocenters. The van der Waals surface area contributed by atoms with Gasteiger partial charge in [0.15, 0.2) is 0 Å². The maximum Gasteiger partial charge on any atom is 0.409 e. The normalized spacial score (nSPS) is 22.7. The van der Waals surface area contributed by atoms with Crippen molar-refractivity contribution in [2.75, 3.05) is 0 Å². The topological polar surface area (TPSA) is 23.8 Å². The number of hydrogen-bond acceptors (Lipinski definition) is 1. The Bertz CT molecular complexity index is 575. The monoisotopic (exact) mass is 311 g/mol. The second-order valence-electron chi connectivity index (χ2n) is 5.75. The van der Waals surface area contributed by atoms with Crippen LogP contribution in [0, 0.1) is 23.1 Å². The van der Waals surface area contributed by atoms with Gasteiger partial charge in [-0.05, 0) is 61.6 Å². The summed E-state index contributed by atoms with van der Waals surface area (Å²) in [6.07, 6.45) is 1.07. The van der Waals surface area contributed by atoms with Crippen LogP contribution in [0.15, 0.2) is 30.4 Å². The summed E-state index contributed by atoms with van der Waals surface area (Å²) in [4.78, 5) is 0. The van der Waals surface area contributed by atoms with E-state index in [2.05, 4.69) is 0 Å². The number of nitriles is 1. The van der Waals surface area contributed by atoms with E-state index in [4.69, 9.17) is 5.26 Å². The Hall–Kier alpha value is -1.83. The minimum Gasteiger partial charge on any atom is -0.206 e. The molecule has 2 rings (SSSR count). The van der Waals surface area contributed by atoms with Crippen LogP contribution in [0.3, 0.4) is 0 Å². The van der Waals surface area contributed by atoms with Crippen LogP contribution in [0.4, 0.5) is 17.6 Å². The van der Waals surface area contributed by atoms with Crippen LogP contribution in [0.2, 0.25) is 0 Å². The molecule has 0 amide bonds. The van der Waals surface area contributed by atoms with E-state index in [9.17, 15) is 17.6 Å². The third-order valence-electron chi connectivity index (χ3n) is 4.21. The molecule has 0 radical (unpaired) electrons. The predicted molar refractivity (Wildman–Crippen MR) is 75.6 cm³/mol. The smallest absolute Gasteiger partial charge is 0.206 e. The average Bonchev–Trinajstić information content (AvgIpc) is 2.46. The summed E-state index contributed by atoms with van der Waals surface area (Å²) >= 11 is 0. The minimum absolute atomic E-state index is 0.0368. The van der Waals surface area contributed by atoms with Crippen molar-refractivity contribution in [2.24, 2.45) is 5.92 Å². The molecule has 0 heterocycles. The molecule has 0 spiro atoms. The number of benzene rings is 1.